The number of rotatable bonds is 15. The van der Waals surface area contributed by atoms with Crippen molar-refractivity contribution in [3.05, 3.63) is 488 Å². The summed E-state index contributed by atoms with van der Waals surface area (Å²) >= 11 is 0. The topological polar surface area (TPSA) is 14.8 Å². The van der Waals surface area contributed by atoms with Crippen LogP contribution in [0.4, 0.5) is 0 Å². The number of hydrogen-bond acceptors (Lipinski definition) is 0. The molecule has 3 nitrogen and oxygen atoms in total. The van der Waals surface area contributed by atoms with Crippen molar-refractivity contribution in [1.29, 1.82) is 0 Å². The minimum absolute atomic E-state index is 0.953. The predicted molar refractivity (Wildman–Crippen MR) is 483 cm³/mol. The Balaban J connectivity index is 0.000000115. The SMILES string of the molecule is c1ccc(Cc2ccc(-c3ccc4c(c3)c3ccccc3n4-c3ccc(-c4ccccc4)cc3)cc2)cc1.c1ccc(Cc2ccc(-c3ccc4c(c3)c3ccccc3n4-c3cccc(-c4ccccc4)c3)cc2)cc1.c1ccc(Cc2ccc(-c3ccc4c(c3)c3ccccc3n4-c3ccccc3-c3ccccc3)cc2)cc1. The van der Waals surface area contributed by atoms with Crippen LogP contribution in [0.1, 0.15) is 33.4 Å². The van der Waals surface area contributed by atoms with Gasteiger partial charge in [0.05, 0.1) is 38.8 Å². The van der Waals surface area contributed by atoms with Gasteiger partial charge in [-0.25, -0.2) is 0 Å². The van der Waals surface area contributed by atoms with E-state index >= 15 is 0 Å². The Morgan fingerprint density at radius 1 is 0.140 bits per heavy atom. The fourth-order valence-electron chi connectivity index (χ4n) is 16.6. The van der Waals surface area contributed by atoms with Crippen LogP contribution in [0.25, 0.3) is 149 Å². The van der Waals surface area contributed by atoms with E-state index in [0.717, 1.165) is 19.3 Å². The number of hydrogen-bond donors (Lipinski definition) is 0. The first-order valence-electron chi connectivity index (χ1n) is 39.5. The molecule has 0 bridgehead atoms. The third kappa shape index (κ3) is 14.4. The lowest BCUT2D eigenvalue weighted by atomic mass is 9.99. The van der Waals surface area contributed by atoms with Crippen molar-refractivity contribution in [1.82, 2.24) is 13.7 Å². The molecule has 0 fully saturated rings. The van der Waals surface area contributed by atoms with Crippen molar-refractivity contribution in [2.45, 2.75) is 19.3 Å². The van der Waals surface area contributed by atoms with Gasteiger partial charge in [0, 0.05) is 49.3 Å². The summed E-state index contributed by atoms with van der Waals surface area (Å²) in [7, 11) is 0. The monoisotopic (exact) mass is 1460 g/mol. The summed E-state index contributed by atoms with van der Waals surface area (Å²) in [5.41, 5.74) is 33.7. The molecular weight excluding hydrogens is 1380 g/mol. The molecule has 0 radical (unpaired) electrons. The Bertz CT molecular complexity index is 6900. The zero-order chi connectivity index (χ0) is 75.9. The molecule has 0 saturated carbocycles. The van der Waals surface area contributed by atoms with Gasteiger partial charge in [0.15, 0.2) is 0 Å². The molecule has 0 saturated heterocycles. The van der Waals surface area contributed by atoms with Crippen LogP contribution in [0.15, 0.2) is 455 Å². The van der Waals surface area contributed by atoms with E-state index in [9.17, 15) is 0 Å². The van der Waals surface area contributed by atoms with Gasteiger partial charge in [-0.05, 0) is 199 Å². The molecule has 0 atom stereocenters. The maximum atomic E-state index is 2.42. The lowest BCUT2D eigenvalue weighted by Gasteiger charge is -2.14. The van der Waals surface area contributed by atoms with E-state index in [0.29, 0.717) is 0 Å². The molecular formula is C111H81N3. The molecule has 540 valence electrons. The highest BCUT2D eigenvalue weighted by atomic mass is 15.0. The van der Waals surface area contributed by atoms with Crippen LogP contribution in [0.3, 0.4) is 0 Å². The Kier molecular flexibility index (Phi) is 19.4. The average Bonchev–Trinajstić information content (AvgIpc) is 1.58. The smallest absolute Gasteiger partial charge is 0.0541 e. The summed E-state index contributed by atoms with van der Waals surface area (Å²) in [5, 5.41) is 7.64. The lowest BCUT2D eigenvalue weighted by Crippen LogP contribution is -1.97. The van der Waals surface area contributed by atoms with E-state index in [1.54, 1.807) is 0 Å². The second kappa shape index (κ2) is 31.8. The van der Waals surface area contributed by atoms with Gasteiger partial charge in [-0.15, -0.1) is 0 Å². The summed E-state index contributed by atoms with van der Waals surface area (Å²) in [6.07, 6.45) is 2.86. The maximum Gasteiger partial charge on any atom is 0.0541 e. The second-order valence-electron chi connectivity index (χ2n) is 29.5. The molecule has 0 aliphatic rings. The van der Waals surface area contributed by atoms with Gasteiger partial charge in [0.2, 0.25) is 0 Å². The Morgan fingerprint density at radius 2 is 0.404 bits per heavy atom. The first-order chi connectivity index (χ1) is 56.5. The number of aromatic nitrogens is 3. The fourth-order valence-corrected chi connectivity index (χ4v) is 16.6. The summed E-state index contributed by atoms with van der Waals surface area (Å²) in [5.74, 6) is 0. The molecule has 0 spiro atoms. The van der Waals surface area contributed by atoms with Crippen LogP contribution >= 0.6 is 0 Å². The maximum absolute atomic E-state index is 2.42. The molecule has 0 unspecified atom stereocenters. The van der Waals surface area contributed by atoms with Crippen LogP contribution in [0.5, 0.6) is 0 Å². The summed E-state index contributed by atoms with van der Waals surface area (Å²) in [6, 6.07) is 164. The van der Waals surface area contributed by atoms with E-state index in [1.807, 2.05) is 0 Å². The Labute approximate surface area is 666 Å². The van der Waals surface area contributed by atoms with Crippen LogP contribution in [0, 0.1) is 0 Å². The van der Waals surface area contributed by atoms with Crippen molar-refractivity contribution in [2.24, 2.45) is 0 Å². The van der Waals surface area contributed by atoms with Crippen molar-refractivity contribution in [3.8, 4) is 83.8 Å². The van der Waals surface area contributed by atoms with E-state index in [4.69, 9.17) is 0 Å². The normalized spacial score (nSPS) is 11.3. The molecule has 0 N–H and O–H groups in total. The third-order valence-corrected chi connectivity index (χ3v) is 22.3. The van der Waals surface area contributed by atoms with Crippen LogP contribution in [0.2, 0.25) is 0 Å². The number of fused-ring (bicyclic) bond motifs is 9. The number of benzene rings is 18. The van der Waals surface area contributed by atoms with Gasteiger partial charge in [-0.1, -0.05) is 370 Å². The van der Waals surface area contributed by atoms with E-state index in [-0.39, 0.29) is 0 Å². The van der Waals surface area contributed by atoms with E-state index in [1.165, 1.54) is 183 Å². The van der Waals surface area contributed by atoms with Crippen LogP contribution < -0.4 is 0 Å². The summed E-state index contributed by atoms with van der Waals surface area (Å²) in [6.45, 7) is 0. The standard InChI is InChI=1S/3C37H27N/c1-3-11-27(12-4-1)25-28-19-21-29(22-20-28)31-23-24-37-34(26-31)33-16-8-10-18-36(33)38(37)35-17-9-7-15-32(35)30-13-5-2-6-14-30;1-3-10-27(11-4-1)24-28-18-20-30(21-19-28)32-22-23-37-35(26-32)34-16-7-8-17-36(34)38(37)33-15-9-14-31(25-33)29-12-5-2-6-13-29;1-3-9-27(10-4-1)25-28-15-17-31(18-16-28)32-21-24-37-35(26-32)34-13-7-8-14-36(34)38(37)33-22-19-30(20-23-33)29-11-5-2-6-12-29/h1-24,26H,25H2;1-23,25-26H,24H2;1-24,26H,25H2. The molecule has 3 heteroatoms. The zero-order valence-corrected chi connectivity index (χ0v) is 63.3. The van der Waals surface area contributed by atoms with Crippen LogP contribution in [-0.2, 0) is 19.3 Å². The van der Waals surface area contributed by atoms with Gasteiger partial charge in [-0.2, -0.15) is 0 Å². The lowest BCUT2D eigenvalue weighted by molar-refractivity contribution is 1.18. The number of nitrogens with zero attached hydrogens (tertiary/aromatic N) is 3. The van der Waals surface area contributed by atoms with Crippen LogP contribution in [-0.4, -0.2) is 13.7 Å². The first-order valence-corrected chi connectivity index (χ1v) is 39.5. The highest BCUT2D eigenvalue weighted by molar-refractivity contribution is 6.13. The van der Waals surface area contributed by atoms with Gasteiger partial charge in [0.25, 0.3) is 0 Å². The molecule has 0 amide bonds. The molecule has 3 heterocycles. The average molecular weight is 1460 g/mol. The van der Waals surface area contributed by atoms with Gasteiger partial charge >= 0.3 is 0 Å². The first kappa shape index (κ1) is 69.8. The summed E-state index contributed by atoms with van der Waals surface area (Å²) in [4.78, 5) is 0. The highest BCUT2D eigenvalue weighted by Gasteiger charge is 2.19. The Morgan fingerprint density at radius 3 is 0.825 bits per heavy atom. The minimum atomic E-state index is 0.953. The molecule has 0 aliphatic carbocycles. The molecule has 18 aromatic carbocycles. The fraction of sp³-hybridized carbons (Fsp3) is 0.0270. The molecule has 3 aromatic heterocycles. The zero-order valence-electron chi connectivity index (χ0n) is 63.3. The minimum Gasteiger partial charge on any atom is -0.309 e. The quantitative estimate of drug-likeness (QED) is 0.0972. The highest BCUT2D eigenvalue weighted by Crippen LogP contribution is 2.41. The summed E-state index contributed by atoms with van der Waals surface area (Å²) < 4.78 is 7.19. The van der Waals surface area contributed by atoms with Crippen molar-refractivity contribution >= 4 is 65.4 Å². The van der Waals surface area contributed by atoms with Gasteiger partial charge in [-0.3, -0.25) is 0 Å². The third-order valence-electron chi connectivity index (χ3n) is 22.3. The van der Waals surface area contributed by atoms with Crippen molar-refractivity contribution < 1.29 is 0 Å². The van der Waals surface area contributed by atoms with Crippen molar-refractivity contribution in [3.63, 3.8) is 0 Å². The van der Waals surface area contributed by atoms with E-state index < -0.39 is 0 Å². The van der Waals surface area contributed by atoms with Crippen molar-refractivity contribution in [2.75, 3.05) is 0 Å². The predicted octanol–water partition coefficient (Wildman–Crippen LogP) is 29.1. The largest absolute Gasteiger partial charge is 0.309 e. The molecule has 21 aromatic rings. The molecule has 21 rings (SSSR count). The molecule has 0 aliphatic heterocycles. The molecule has 114 heavy (non-hydrogen) atoms. The second-order valence-corrected chi connectivity index (χ2v) is 29.5. The number of para-hydroxylation sites is 4. The van der Waals surface area contributed by atoms with E-state index in [2.05, 4.69) is 469 Å². The Hall–Kier alpha value is -14.6. The van der Waals surface area contributed by atoms with Gasteiger partial charge in [0.1, 0.15) is 0 Å². The van der Waals surface area contributed by atoms with Gasteiger partial charge < -0.3 is 13.7 Å².